The fourth-order valence-electron chi connectivity index (χ4n) is 0.940. The molecule has 2 rings (SSSR count). The van der Waals surface area contributed by atoms with E-state index in [0.29, 0.717) is 0 Å². The minimum atomic E-state index is 0.803. The van der Waals surface area contributed by atoms with Gasteiger partial charge in [0.25, 0.3) is 0 Å². The maximum absolute atomic E-state index is 5.30. The molecule has 0 amide bonds. The lowest BCUT2D eigenvalue weighted by Gasteiger charge is -1.91. The highest BCUT2D eigenvalue weighted by Crippen LogP contribution is 2.20. The highest BCUT2D eigenvalue weighted by molar-refractivity contribution is 7.98. The molecule has 3 nitrogen and oxygen atoms in total. The summed E-state index contributed by atoms with van der Waals surface area (Å²) in [4.78, 5) is 5.05. The van der Waals surface area contributed by atoms with Crippen LogP contribution in [0.4, 0.5) is 0 Å². The highest BCUT2D eigenvalue weighted by atomic mass is 32.2. The summed E-state index contributed by atoms with van der Waals surface area (Å²) in [5, 5.41) is 0. The van der Waals surface area contributed by atoms with Gasteiger partial charge < -0.3 is 4.42 Å². The van der Waals surface area contributed by atoms with Gasteiger partial charge in [0.05, 0.1) is 0 Å². The van der Waals surface area contributed by atoms with E-state index in [2.05, 4.69) is 4.98 Å². The van der Waals surface area contributed by atoms with E-state index in [9.17, 15) is 0 Å². The van der Waals surface area contributed by atoms with Gasteiger partial charge in [-0.1, -0.05) is 0 Å². The molecule has 0 aliphatic heterocycles. The van der Waals surface area contributed by atoms with Gasteiger partial charge in [-0.3, -0.25) is 4.57 Å². The number of thioether (sulfide) groups is 1. The van der Waals surface area contributed by atoms with E-state index in [1.54, 1.807) is 30.5 Å². The zero-order valence-electron chi connectivity index (χ0n) is 6.60. The molecular formula is C8H8N2OS. The second-order valence-electron chi connectivity index (χ2n) is 2.29. The third-order valence-corrected chi connectivity index (χ3v) is 2.24. The number of aromatic nitrogens is 2. The molecule has 12 heavy (non-hydrogen) atoms. The molecule has 0 aliphatic carbocycles. The Kier molecular flexibility index (Phi) is 1.91. The Morgan fingerprint density at radius 2 is 2.50 bits per heavy atom. The zero-order valence-corrected chi connectivity index (χ0v) is 7.41. The molecule has 0 N–H and O–H groups in total. The van der Waals surface area contributed by atoms with Gasteiger partial charge in [0, 0.05) is 23.4 Å². The monoisotopic (exact) mass is 180 g/mol. The van der Waals surface area contributed by atoms with Gasteiger partial charge in [-0.2, -0.15) is 0 Å². The fourth-order valence-corrected chi connectivity index (χ4v) is 1.30. The van der Waals surface area contributed by atoms with Crippen LogP contribution >= 0.6 is 11.8 Å². The lowest BCUT2D eigenvalue weighted by Crippen LogP contribution is -1.84. The largest absolute Gasteiger partial charge is 0.447 e. The summed E-state index contributed by atoms with van der Waals surface area (Å²) in [5.41, 5.74) is 0. The van der Waals surface area contributed by atoms with E-state index in [-0.39, 0.29) is 0 Å². The highest BCUT2D eigenvalue weighted by Gasteiger charge is 2.00. The van der Waals surface area contributed by atoms with E-state index in [1.807, 2.05) is 23.1 Å². The van der Waals surface area contributed by atoms with Crippen LogP contribution in [0, 0.1) is 0 Å². The van der Waals surface area contributed by atoms with Crippen LogP contribution in [0.5, 0.6) is 0 Å². The minimum Gasteiger partial charge on any atom is -0.447 e. The maximum Gasteiger partial charge on any atom is 0.205 e. The maximum atomic E-state index is 5.30. The first-order valence-corrected chi connectivity index (χ1v) is 4.73. The van der Waals surface area contributed by atoms with Crippen molar-refractivity contribution in [3.05, 3.63) is 31.1 Å². The van der Waals surface area contributed by atoms with Crippen molar-refractivity contribution in [2.45, 2.75) is 4.90 Å². The summed E-state index contributed by atoms with van der Waals surface area (Å²) in [6.45, 7) is 0. The van der Waals surface area contributed by atoms with Gasteiger partial charge in [0.2, 0.25) is 5.88 Å². The summed E-state index contributed by atoms with van der Waals surface area (Å²) in [6, 6.07) is 1.98. The number of hydrogen-bond donors (Lipinski definition) is 0. The van der Waals surface area contributed by atoms with E-state index in [1.165, 1.54) is 0 Å². The van der Waals surface area contributed by atoms with E-state index >= 15 is 0 Å². The Bertz CT molecular complexity index is 353. The Labute approximate surface area is 74.4 Å². The summed E-state index contributed by atoms with van der Waals surface area (Å²) < 4.78 is 7.14. The number of rotatable bonds is 2. The van der Waals surface area contributed by atoms with Crippen LogP contribution < -0.4 is 0 Å². The molecule has 0 aliphatic rings. The second-order valence-corrected chi connectivity index (χ2v) is 3.17. The van der Waals surface area contributed by atoms with E-state index in [4.69, 9.17) is 4.42 Å². The number of furan rings is 1. The second kappa shape index (κ2) is 3.06. The summed E-state index contributed by atoms with van der Waals surface area (Å²) in [7, 11) is 0. The Morgan fingerprint density at radius 3 is 3.08 bits per heavy atom. The predicted molar refractivity (Wildman–Crippen MR) is 47.6 cm³/mol. The average molecular weight is 180 g/mol. The molecule has 2 heterocycles. The van der Waals surface area contributed by atoms with Gasteiger partial charge in [-0.05, 0) is 6.26 Å². The molecule has 0 bridgehead atoms. The van der Waals surface area contributed by atoms with Crippen molar-refractivity contribution in [2.24, 2.45) is 0 Å². The molecule has 0 aromatic carbocycles. The van der Waals surface area contributed by atoms with Gasteiger partial charge in [0.1, 0.15) is 12.6 Å². The molecule has 0 radical (unpaired) electrons. The summed E-state index contributed by atoms with van der Waals surface area (Å²) in [5.74, 6) is 0.803. The smallest absolute Gasteiger partial charge is 0.205 e. The quantitative estimate of drug-likeness (QED) is 0.664. The third kappa shape index (κ3) is 1.25. The minimum absolute atomic E-state index is 0.803. The number of nitrogens with zero attached hydrogens (tertiary/aromatic N) is 2. The van der Waals surface area contributed by atoms with Crippen LogP contribution in [0.15, 0.2) is 40.4 Å². The van der Waals surface area contributed by atoms with Crippen molar-refractivity contribution in [1.82, 2.24) is 9.55 Å². The van der Waals surface area contributed by atoms with Crippen molar-refractivity contribution in [3.63, 3.8) is 0 Å². The topological polar surface area (TPSA) is 31.0 Å². The Hall–Kier alpha value is -1.16. The normalized spacial score (nSPS) is 10.4. The lowest BCUT2D eigenvalue weighted by molar-refractivity contribution is 0.534. The van der Waals surface area contributed by atoms with Crippen LogP contribution in [-0.2, 0) is 0 Å². The van der Waals surface area contributed by atoms with Gasteiger partial charge in [0.15, 0.2) is 0 Å². The van der Waals surface area contributed by atoms with Crippen molar-refractivity contribution >= 4 is 11.8 Å². The molecule has 4 heteroatoms. The van der Waals surface area contributed by atoms with Crippen LogP contribution in [0.1, 0.15) is 0 Å². The summed E-state index contributed by atoms with van der Waals surface area (Å²) in [6.07, 6.45) is 9.04. The first-order chi connectivity index (χ1) is 5.90. The number of hydrogen-bond acceptors (Lipinski definition) is 3. The van der Waals surface area contributed by atoms with E-state index in [0.717, 1.165) is 10.8 Å². The Morgan fingerprint density at radius 1 is 1.58 bits per heavy atom. The molecule has 0 atom stereocenters. The standard InChI is InChI=1S/C8H8N2OS/c1-12-7-4-8(11-5-7)10-3-2-9-6-10/h2-6H,1H3. The molecule has 2 aromatic rings. The fraction of sp³-hybridized carbons (Fsp3) is 0.125. The number of imidazole rings is 1. The predicted octanol–water partition coefficient (Wildman–Crippen LogP) is 2.19. The Balaban J connectivity index is 2.35. The van der Waals surface area contributed by atoms with Gasteiger partial charge in [-0.15, -0.1) is 11.8 Å². The molecule has 0 unspecified atom stereocenters. The average Bonchev–Trinajstić information content (AvgIpc) is 2.75. The third-order valence-electron chi connectivity index (χ3n) is 1.56. The molecule has 0 fully saturated rings. The van der Waals surface area contributed by atoms with E-state index < -0.39 is 0 Å². The molecule has 0 saturated carbocycles. The van der Waals surface area contributed by atoms with Crippen molar-refractivity contribution < 1.29 is 4.42 Å². The first-order valence-electron chi connectivity index (χ1n) is 3.51. The van der Waals surface area contributed by atoms with Crippen LogP contribution in [-0.4, -0.2) is 15.8 Å². The zero-order chi connectivity index (χ0) is 8.39. The van der Waals surface area contributed by atoms with Gasteiger partial charge in [-0.25, -0.2) is 4.98 Å². The van der Waals surface area contributed by atoms with Crippen molar-refractivity contribution in [3.8, 4) is 5.88 Å². The SMILES string of the molecule is CSc1coc(-n2ccnc2)c1. The summed E-state index contributed by atoms with van der Waals surface area (Å²) >= 11 is 1.66. The first kappa shape index (κ1) is 7.49. The molecule has 62 valence electrons. The molecule has 0 saturated heterocycles. The lowest BCUT2D eigenvalue weighted by atomic mass is 10.6. The van der Waals surface area contributed by atoms with Crippen LogP contribution in [0.25, 0.3) is 5.88 Å². The van der Waals surface area contributed by atoms with Gasteiger partial charge >= 0.3 is 0 Å². The molecule has 2 aromatic heterocycles. The van der Waals surface area contributed by atoms with Crippen molar-refractivity contribution in [2.75, 3.05) is 6.26 Å². The van der Waals surface area contributed by atoms with Crippen LogP contribution in [0.3, 0.4) is 0 Å². The van der Waals surface area contributed by atoms with Crippen LogP contribution in [0.2, 0.25) is 0 Å². The molecule has 0 spiro atoms. The molecular weight excluding hydrogens is 172 g/mol. The van der Waals surface area contributed by atoms with Crippen molar-refractivity contribution in [1.29, 1.82) is 0 Å².